The van der Waals surface area contributed by atoms with Gasteiger partial charge in [0.25, 0.3) is 0 Å². The molecule has 25 heavy (non-hydrogen) atoms. The fourth-order valence-electron chi connectivity index (χ4n) is 3.14. The number of hydrogen-bond acceptors (Lipinski definition) is 6. The minimum atomic E-state index is 0.873. The smallest absolute Gasteiger partial charge is 0.159 e. The van der Waals surface area contributed by atoms with Gasteiger partial charge in [-0.1, -0.05) is 23.9 Å². The van der Waals surface area contributed by atoms with Crippen molar-refractivity contribution in [3.63, 3.8) is 0 Å². The summed E-state index contributed by atoms with van der Waals surface area (Å²) in [5.41, 5.74) is 1.31. The van der Waals surface area contributed by atoms with Crippen LogP contribution in [0.1, 0.15) is 18.4 Å². The van der Waals surface area contributed by atoms with Gasteiger partial charge in [-0.3, -0.25) is 9.89 Å². The van der Waals surface area contributed by atoms with Crippen LogP contribution in [0, 0.1) is 0 Å². The number of thioether (sulfide) groups is 1. The fourth-order valence-corrected chi connectivity index (χ4v) is 4.12. The zero-order valence-corrected chi connectivity index (χ0v) is 16.0. The Hall–Kier alpha value is -1.24. The molecule has 2 heterocycles. The monoisotopic (exact) mass is 363 g/mol. The lowest BCUT2D eigenvalue weighted by Crippen LogP contribution is -2.39. The van der Waals surface area contributed by atoms with Crippen LogP contribution in [-0.2, 0) is 11.3 Å². The van der Waals surface area contributed by atoms with Gasteiger partial charge in [-0.2, -0.15) is 0 Å². The maximum Gasteiger partial charge on any atom is 0.159 e. The highest BCUT2D eigenvalue weighted by Gasteiger charge is 2.16. The zero-order valence-electron chi connectivity index (χ0n) is 15.2. The first kappa shape index (κ1) is 18.5. The first-order valence-corrected chi connectivity index (χ1v) is 10.2. The molecule has 0 N–H and O–H groups in total. The Kier molecular flexibility index (Phi) is 7.45. The van der Waals surface area contributed by atoms with Gasteiger partial charge in [0, 0.05) is 45.0 Å². The molecular formula is C19H29N3O2S. The van der Waals surface area contributed by atoms with Gasteiger partial charge in [0.15, 0.2) is 5.17 Å². The molecule has 0 saturated carbocycles. The normalized spacial score (nSPS) is 18.7. The van der Waals surface area contributed by atoms with E-state index in [4.69, 9.17) is 14.5 Å². The summed E-state index contributed by atoms with van der Waals surface area (Å²) in [6, 6.07) is 8.39. The molecule has 0 aromatic heterocycles. The first-order valence-electron chi connectivity index (χ1n) is 9.20. The minimum Gasteiger partial charge on any atom is -0.497 e. The van der Waals surface area contributed by atoms with Crippen LogP contribution < -0.4 is 4.74 Å². The van der Waals surface area contributed by atoms with Gasteiger partial charge in [0.1, 0.15) is 5.75 Å². The minimum absolute atomic E-state index is 0.873. The van der Waals surface area contributed by atoms with Crippen LogP contribution in [0.5, 0.6) is 5.75 Å². The van der Waals surface area contributed by atoms with E-state index in [-0.39, 0.29) is 0 Å². The summed E-state index contributed by atoms with van der Waals surface area (Å²) in [6.45, 7) is 7.94. The summed E-state index contributed by atoms with van der Waals surface area (Å²) < 4.78 is 10.7. The van der Waals surface area contributed by atoms with Crippen LogP contribution in [-0.4, -0.2) is 73.8 Å². The van der Waals surface area contributed by atoms with Gasteiger partial charge in [-0.15, -0.1) is 0 Å². The van der Waals surface area contributed by atoms with Gasteiger partial charge in [0.05, 0.1) is 20.3 Å². The topological polar surface area (TPSA) is 37.3 Å². The van der Waals surface area contributed by atoms with Crippen molar-refractivity contribution in [2.45, 2.75) is 19.4 Å². The van der Waals surface area contributed by atoms with Crippen molar-refractivity contribution in [3.05, 3.63) is 29.8 Å². The summed E-state index contributed by atoms with van der Waals surface area (Å²) >= 11 is 1.90. The van der Waals surface area contributed by atoms with E-state index in [1.165, 1.54) is 22.9 Å². The van der Waals surface area contributed by atoms with E-state index in [0.717, 1.165) is 64.7 Å². The number of aliphatic imine (C=N–C) groups is 1. The van der Waals surface area contributed by atoms with Crippen LogP contribution in [0.4, 0.5) is 0 Å². The predicted octanol–water partition coefficient (Wildman–Crippen LogP) is 2.71. The molecule has 0 unspecified atom stereocenters. The lowest BCUT2D eigenvalue weighted by Gasteiger charge is -2.30. The molecule has 5 nitrogen and oxygen atoms in total. The summed E-state index contributed by atoms with van der Waals surface area (Å²) in [6.07, 6.45) is 2.36. The van der Waals surface area contributed by atoms with E-state index in [1.54, 1.807) is 7.11 Å². The van der Waals surface area contributed by atoms with Crippen LogP contribution in [0.2, 0.25) is 0 Å². The number of benzene rings is 1. The standard InChI is InChI=1S/C19H29N3O2S/c1-23-18-6-4-17(5-7-18)16-22(19-20-8-2-15-25-19)10-3-9-21-11-13-24-14-12-21/h4-7H,2-3,8-16H2,1H3. The Bertz CT molecular complexity index is 544. The van der Waals surface area contributed by atoms with Crippen LogP contribution in [0.15, 0.2) is 29.3 Å². The highest BCUT2D eigenvalue weighted by atomic mass is 32.2. The van der Waals surface area contributed by atoms with E-state index in [9.17, 15) is 0 Å². The molecule has 0 spiro atoms. The van der Waals surface area contributed by atoms with E-state index < -0.39 is 0 Å². The van der Waals surface area contributed by atoms with E-state index in [0.29, 0.717) is 0 Å². The van der Waals surface area contributed by atoms with Crippen molar-refractivity contribution >= 4 is 16.9 Å². The number of rotatable bonds is 7. The Labute approximate surface area is 155 Å². The van der Waals surface area contributed by atoms with E-state index >= 15 is 0 Å². The number of ether oxygens (including phenoxy) is 2. The summed E-state index contributed by atoms with van der Waals surface area (Å²) in [5, 5.41) is 1.21. The predicted molar refractivity (Wildman–Crippen MR) is 105 cm³/mol. The molecule has 0 aliphatic carbocycles. The van der Waals surface area contributed by atoms with Gasteiger partial charge < -0.3 is 14.4 Å². The van der Waals surface area contributed by atoms with Crippen molar-refractivity contribution in [1.29, 1.82) is 0 Å². The van der Waals surface area contributed by atoms with E-state index in [1.807, 2.05) is 23.9 Å². The number of hydrogen-bond donors (Lipinski definition) is 0. The molecule has 3 rings (SSSR count). The Morgan fingerprint density at radius 1 is 1.24 bits per heavy atom. The lowest BCUT2D eigenvalue weighted by molar-refractivity contribution is 0.0368. The van der Waals surface area contributed by atoms with Gasteiger partial charge in [0.2, 0.25) is 0 Å². The largest absolute Gasteiger partial charge is 0.497 e. The third-order valence-corrected chi connectivity index (χ3v) is 5.73. The SMILES string of the molecule is COc1ccc(CN(CCCN2CCOCC2)C2=NCCCS2)cc1. The number of nitrogens with zero attached hydrogens (tertiary/aromatic N) is 3. The molecule has 2 aliphatic heterocycles. The molecule has 0 atom stereocenters. The molecule has 138 valence electrons. The second kappa shape index (κ2) is 10.0. The lowest BCUT2D eigenvalue weighted by atomic mass is 10.2. The third-order valence-electron chi connectivity index (χ3n) is 4.59. The molecule has 1 aromatic carbocycles. The van der Waals surface area contributed by atoms with Gasteiger partial charge in [-0.05, 0) is 30.5 Å². The second-order valence-electron chi connectivity index (χ2n) is 6.44. The molecule has 0 bridgehead atoms. The molecule has 0 radical (unpaired) electrons. The zero-order chi connectivity index (χ0) is 17.3. The van der Waals surface area contributed by atoms with Crippen molar-refractivity contribution in [3.8, 4) is 5.75 Å². The van der Waals surface area contributed by atoms with Crippen LogP contribution in [0.3, 0.4) is 0 Å². The van der Waals surface area contributed by atoms with Crippen molar-refractivity contribution in [2.75, 3.05) is 58.8 Å². The van der Waals surface area contributed by atoms with Crippen molar-refractivity contribution < 1.29 is 9.47 Å². The highest BCUT2D eigenvalue weighted by molar-refractivity contribution is 8.13. The summed E-state index contributed by atoms with van der Waals surface area (Å²) in [5.74, 6) is 2.09. The maximum atomic E-state index is 5.44. The molecule has 6 heteroatoms. The van der Waals surface area contributed by atoms with Crippen LogP contribution in [0.25, 0.3) is 0 Å². The first-order chi connectivity index (χ1) is 12.3. The van der Waals surface area contributed by atoms with Gasteiger partial charge >= 0.3 is 0 Å². The summed E-state index contributed by atoms with van der Waals surface area (Å²) in [7, 11) is 1.71. The van der Waals surface area contributed by atoms with Gasteiger partial charge in [-0.25, -0.2) is 0 Å². The molecule has 1 aromatic rings. The third kappa shape index (κ3) is 5.90. The molecule has 1 saturated heterocycles. The fraction of sp³-hybridized carbons (Fsp3) is 0.632. The molecule has 0 amide bonds. The average Bonchev–Trinajstić information content (AvgIpc) is 2.69. The quantitative estimate of drug-likeness (QED) is 0.745. The Morgan fingerprint density at radius 2 is 2.04 bits per heavy atom. The second-order valence-corrected chi connectivity index (χ2v) is 7.51. The maximum absolute atomic E-state index is 5.44. The summed E-state index contributed by atoms with van der Waals surface area (Å²) in [4.78, 5) is 9.73. The Morgan fingerprint density at radius 3 is 2.72 bits per heavy atom. The van der Waals surface area contributed by atoms with Crippen molar-refractivity contribution in [2.24, 2.45) is 4.99 Å². The van der Waals surface area contributed by atoms with Crippen LogP contribution >= 0.6 is 11.8 Å². The molecular weight excluding hydrogens is 334 g/mol. The highest BCUT2D eigenvalue weighted by Crippen LogP contribution is 2.20. The van der Waals surface area contributed by atoms with E-state index in [2.05, 4.69) is 21.9 Å². The molecule has 1 fully saturated rings. The number of amidine groups is 1. The number of methoxy groups -OCH3 is 1. The molecule has 2 aliphatic rings. The average molecular weight is 364 g/mol. The van der Waals surface area contributed by atoms with Crippen molar-refractivity contribution in [1.82, 2.24) is 9.80 Å². The number of morpholine rings is 1. The Balaban J connectivity index is 1.57.